The molecule has 0 bridgehead atoms. The molecule has 0 unspecified atom stereocenters. The Labute approximate surface area is 120 Å². The zero-order valence-electron chi connectivity index (χ0n) is 10.9. The van der Waals surface area contributed by atoms with E-state index < -0.39 is 0 Å². The minimum absolute atomic E-state index is 0.00139. The maximum Gasteiger partial charge on any atom is 0.264 e. The normalized spacial score (nSPS) is 22.5. The molecule has 104 valence electrons. The molecular weight excluding hydrogens is 310 g/mol. The highest BCUT2D eigenvalue weighted by atomic mass is 79.9. The molecule has 0 saturated heterocycles. The van der Waals surface area contributed by atoms with Gasteiger partial charge in [0.25, 0.3) is 5.56 Å². The van der Waals surface area contributed by atoms with E-state index in [1.807, 2.05) is 0 Å². The van der Waals surface area contributed by atoms with Crippen LogP contribution in [0.4, 0.5) is 5.69 Å². The highest BCUT2D eigenvalue weighted by Crippen LogP contribution is 2.31. The van der Waals surface area contributed by atoms with Gasteiger partial charge in [0, 0.05) is 19.2 Å². The average Bonchev–Trinajstić information content (AvgIpc) is 2.84. The summed E-state index contributed by atoms with van der Waals surface area (Å²) in [6.45, 7) is 0.551. The summed E-state index contributed by atoms with van der Waals surface area (Å²) in [4.78, 5) is 23.8. The standard InChI is InChI=1S/C13H18BrN3O2/c1-17-7-9(5-11(14)13(17)19)16-12(18)10-4-2-3-8(10)6-15/h5,7-8,10H,2-4,6,15H2,1H3,(H,16,18)/t8-,10-/m1/s1. The number of amides is 1. The summed E-state index contributed by atoms with van der Waals surface area (Å²) in [5.74, 6) is 0.260. The van der Waals surface area contributed by atoms with Gasteiger partial charge in [-0.05, 0) is 47.3 Å². The number of anilines is 1. The van der Waals surface area contributed by atoms with Crippen molar-refractivity contribution in [2.45, 2.75) is 19.3 Å². The number of hydrogen-bond donors (Lipinski definition) is 2. The number of nitrogens with two attached hydrogens (primary N) is 1. The van der Waals surface area contributed by atoms with Crippen LogP contribution in [-0.4, -0.2) is 17.0 Å². The summed E-state index contributed by atoms with van der Waals surface area (Å²) in [5.41, 5.74) is 6.19. The summed E-state index contributed by atoms with van der Waals surface area (Å²) >= 11 is 3.19. The Hall–Kier alpha value is -1.14. The molecule has 3 N–H and O–H groups in total. The molecule has 1 saturated carbocycles. The molecule has 1 aliphatic rings. The van der Waals surface area contributed by atoms with Crippen molar-refractivity contribution in [3.05, 3.63) is 27.1 Å². The van der Waals surface area contributed by atoms with Crippen LogP contribution in [0.25, 0.3) is 0 Å². The maximum absolute atomic E-state index is 12.2. The molecule has 5 nitrogen and oxygen atoms in total. The highest BCUT2D eigenvalue weighted by molar-refractivity contribution is 9.10. The third kappa shape index (κ3) is 3.06. The molecule has 2 atom stereocenters. The highest BCUT2D eigenvalue weighted by Gasteiger charge is 2.31. The van der Waals surface area contributed by atoms with Gasteiger partial charge in [0.05, 0.1) is 10.2 Å². The number of nitrogens with zero attached hydrogens (tertiary/aromatic N) is 1. The van der Waals surface area contributed by atoms with Crippen LogP contribution in [-0.2, 0) is 11.8 Å². The summed E-state index contributed by atoms with van der Waals surface area (Å²) < 4.78 is 1.88. The van der Waals surface area contributed by atoms with Gasteiger partial charge in [0.15, 0.2) is 0 Å². The fourth-order valence-corrected chi connectivity index (χ4v) is 3.17. The van der Waals surface area contributed by atoms with Crippen LogP contribution in [0.5, 0.6) is 0 Å². The molecule has 1 aromatic rings. The van der Waals surface area contributed by atoms with Gasteiger partial charge in [-0.1, -0.05) is 6.42 Å². The summed E-state index contributed by atoms with van der Waals surface area (Å²) in [5, 5.41) is 2.87. The zero-order valence-corrected chi connectivity index (χ0v) is 12.4. The van der Waals surface area contributed by atoms with Gasteiger partial charge in [0.1, 0.15) is 0 Å². The molecule has 0 spiro atoms. The van der Waals surface area contributed by atoms with Crippen LogP contribution < -0.4 is 16.6 Å². The summed E-state index contributed by atoms with van der Waals surface area (Å²) in [6.07, 6.45) is 4.58. The smallest absolute Gasteiger partial charge is 0.264 e. The molecule has 0 aromatic carbocycles. The van der Waals surface area contributed by atoms with Crippen molar-refractivity contribution in [1.29, 1.82) is 0 Å². The number of hydrogen-bond acceptors (Lipinski definition) is 3. The Bertz CT molecular complexity index is 515. The van der Waals surface area contributed by atoms with Gasteiger partial charge in [-0.15, -0.1) is 0 Å². The quantitative estimate of drug-likeness (QED) is 0.882. The Kier molecular flexibility index (Phi) is 4.42. The van der Waals surface area contributed by atoms with E-state index in [4.69, 9.17) is 5.73 Å². The lowest BCUT2D eigenvalue weighted by molar-refractivity contribution is -0.120. The molecule has 1 heterocycles. The van der Waals surface area contributed by atoms with Crippen molar-refractivity contribution in [2.75, 3.05) is 11.9 Å². The van der Waals surface area contributed by atoms with Crippen LogP contribution in [0.3, 0.4) is 0 Å². The lowest BCUT2D eigenvalue weighted by atomic mass is 9.95. The molecule has 2 rings (SSSR count). The topological polar surface area (TPSA) is 77.1 Å². The van der Waals surface area contributed by atoms with Gasteiger partial charge in [0.2, 0.25) is 5.91 Å². The summed E-state index contributed by atoms with van der Waals surface area (Å²) in [6, 6.07) is 1.63. The number of carbonyl (C=O) groups excluding carboxylic acids is 1. The van der Waals surface area contributed by atoms with E-state index in [0.717, 1.165) is 19.3 Å². The Morgan fingerprint density at radius 1 is 1.58 bits per heavy atom. The van der Waals surface area contributed by atoms with E-state index >= 15 is 0 Å². The van der Waals surface area contributed by atoms with Crippen LogP contribution >= 0.6 is 15.9 Å². The van der Waals surface area contributed by atoms with E-state index in [2.05, 4.69) is 21.2 Å². The minimum Gasteiger partial charge on any atom is -0.330 e. The van der Waals surface area contributed by atoms with Crippen molar-refractivity contribution in [2.24, 2.45) is 24.6 Å². The number of halogens is 1. The first-order chi connectivity index (χ1) is 9.02. The Morgan fingerprint density at radius 3 is 2.95 bits per heavy atom. The first kappa shape index (κ1) is 14.3. The van der Waals surface area contributed by atoms with Crippen molar-refractivity contribution >= 4 is 27.5 Å². The van der Waals surface area contributed by atoms with E-state index in [1.165, 1.54) is 4.57 Å². The predicted molar refractivity (Wildman–Crippen MR) is 77.9 cm³/mol. The van der Waals surface area contributed by atoms with Crippen molar-refractivity contribution < 1.29 is 4.79 Å². The van der Waals surface area contributed by atoms with E-state index in [1.54, 1.807) is 19.3 Å². The number of nitrogens with one attached hydrogen (secondary N) is 1. The molecule has 1 aromatic heterocycles. The number of aromatic nitrogens is 1. The van der Waals surface area contributed by atoms with E-state index in [-0.39, 0.29) is 23.3 Å². The van der Waals surface area contributed by atoms with Crippen molar-refractivity contribution in [3.8, 4) is 0 Å². The van der Waals surface area contributed by atoms with E-state index in [9.17, 15) is 9.59 Å². The molecule has 19 heavy (non-hydrogen) atoms. The second kappa shape index (κ2) is 5.88. The fourth-order valence-electron chi connectivity index (χ4n) is 2.64. The van der Waals surface area contributed by atoms with Crippen LogP contribution in [0, 0.1) is 11.8 Å². The monoisotopic (exact) mass is 327 g/mol. The Balaban J connectivity index is 2.13. The molecule has 1 aliphatic carbocycles. The third-order valence-corrected chi connectivity index (χ3v) is 4.27. The first-order valence-electron chi connectivity index (χ1n) is 6.40. The van der Waals surface area contributed by atoms with Gasteiger partial charge in [-0.3, -0.25) is 9.59 Å². The second-order valence-corrected chi connectivity index (χ2v) is 5.87. The Morgan fingerprint density at radius 2 is 2.32 bits per heavy atom. The SMILES string of the molecule is Cn1cc(NC(=O)[C@@H]2CCC[C@@H]2CN)cc(Br)c1=O. The van der Waals surface area contributed by atoms with Gasteiger partial charge >= 0.3 is 0 Å². The van der Waals surface area contributed by atoms with Crippen LogP contribution in [0.1, 0.15) is 19.3 Å². The van der Waals surface area contributed by atoms with Crippen molar-refractivity contribution in [1.82, 2.24) is 4.57 Å². The molecule has 0 aliphatic heterocycles. The zero-order chi connectivity index (χ0) is 14.0. The van der Waals surface area contributed by atoms with Gasteiger partial charge < -0.3 is 15.6 Å². The molecular formula is C13H18BrN3O2. The first-order valence-corrected chi connectivity index (χ1v) is 7.19. The van der Waals surface area contributed by atoms with E-state index in [0.29, 0.717) is 16.7 Å². The molecule has 0 radical (unpaired) electrons. The van der Waals surface area contributed by atoms with Gasteiger partial charge in [-0.2, -0.15) is 0 Å². The largest absolute Gasteiger partial charge is 0.330 e. The minimum atomic E-state index is -0.126. The van der Waals surface area contributed by atoms with Crippen molar-refractivity contribution in [3.63, 3.8) is 0 Å². The van der Waals surface area contributed by atoms with Crippen LogP contribution in [0.15, 0.2) is 21.5 Å². The second-order valence-electron chi connectivity index (χ2n) is 5.02. The number of aryl methyl sites for hydroxylation is 1. The van der Waals surface area contributed by atoms with Crippen LogP contribution in [0.2, 0.25) is 0 Å². The van der Waals surface area contributed by atoms with Gasteiger partial charge in [-0.25, -0.2) is 0 Å². The fraction of sp³-hybridized carbons (Fsp3) is 0.538. The number of carbonyl (C=O) groups is 1. The maximum atomic E-state index is 12.2. The number of rotatable bonds is 3. The molecule has 1 fully saturated rings. The lowest BCUT2D eigenvalue weighted by Crippen LogP contribution is -2.30. The lowest BCUT2D eigenvalue weighted by Gasteiger charge is -2.17. The summed E-state index contributed by atoms with van der Waals surface area (Å²) in [7, 11) is 1.65. The molecule has 6 heteroatoms. The average molecular weight is 328 g/mol. The molecule has 1 amide bonds. The third-order valence-electron chi connectivity index (χ3n) is 3.71. The number of pyridine rings is 1. The predicted octanol–water partition coefficient (Wildman–Crippen LogP) is 1.46.